The zero-order chi connectivity index (χ0) is 20.1. The van der Waals surface area contributed by atoms with Crippen molar-refractivity contribution in [1.29, 1.82) is 0 Å². The van der Waals surface area contributed by atoms with E-state index in [1.54, 1.807) is 0 Å². The maximum atomic E-state index is 10.9. The lowest BCUT2D eigenvalue weighted by atomic mass is 9.99. The second-order valence-electron chi connectivity index (χ2n) is 5.71. The molecule has 0 aliphatic carbocycles. The first-order chi connectivity index (χ1) is 12.8. The Labute approximate surface area is 160 Å². The van der Waals surface area contributed by atoms with Gasteiger partial charge in [-0.25, -0.2) is 0 Å². The molecule has 5 atom stereocenters. The fourth-order valence-electron chi connectivity index (χ4n) is 2.56. The molecule has 0 unspecified atom stereocenters. The predicted octanol–water partition coefficient (Wildman–Crippen LogP) is -0.339. The normalized spacial score (nSPS) is 28.2. The van der Waals surface area contributed by atoms with Gasteiger partial charge in [-0.2, -0.15) is 0 Å². The van der Waals surface area contributed by atoms with Crippen molar-refractivity contribution in [3.05, 3.63) is 23.8 Å². The summed E-state index contributed by atoms with van der Waals surface area (Å²) in [7, 11) is 2.74. The van der Waals surface area contributed by atoms with Crippen LogP contribution in [0.25, 0.3) is 6.08 Å². The van der Waals surface area contributed by atoms with Gasteiger partial charge in [0, 0.05) is 0 Å². The summed E-state index contributed by atoms with van der Waals surface area (Å²) >= 11 is 5.28. The molecule has 0 saturated carbocycles. The molecule has 0 amide bonds. The number of carbonyl (C=O) groups is 1. The third kappa shape index (κ3) is 4.89. The Hall–Kier alpha value is -1.88. The molecule has 150 valence electrons. The Balaban J connectivity index is 2.35. The van der Waals surface area contributed by atoms with Gasteiger partial charge in [-0.1, -0.05) is 0 Å². The Morgan fingerprint density at radius 3 is 2.22 bits per heavy atom. The molecule has 1 aliphatic heterocycles. The molecular weight excluding hydrogens is 384 g/mol. The summed E-state index contributed by atoms with van der Waals surface area (Å²) in [5, 5.41) is 38.4. The number of carbonyl (C=O) groups excluding carboxylic acids is 1. The summed E-state index contributed by atoms with van der Waals surface area (Å²) in [6.07, 6.45) is -4.63. The Bertz CT molecular complexity index is 666. The number of benzene rings is 1. The van der Waals surface area contributed by atoms with Crippen LogP contribution in [0.2, 0.25) is 0 Å². The van der Waals surface area contributed by atoms with Crippen LogP contribution in [-0.4, -0.2) is 77.2 Å². The SMILES string of the molecule is COc1cc(/C=C/C(=O)Cl)cc(OC)c1O[C@@H]1O[C@H](CO)[C@@H](O)[C@H](O)[C@@H]1O. The molecule has 1 heterocycles. The molecule has 1 saturated heterocycles. The number of hydrogen-bond donors (Lipinski definition) is 4. The van der Waals surface area contributed by atoms with Crippen LogP contribution in [0.4, 0.5) is 0 Å². The Morgan fingerprint density at radius 2 is 1.74 bits per heavy atom. The highest BCUT2D eigenvalue weighted by molar-refractivity contribution is 6.66. The van der Waals surface area contributed by atoms with E-state index in [9.17, 15) is 25.2 Å². The van der Waals surface area contributed by atoms with Gasteiger partial charge < -0.3 is 39.4 Å². The molecule has 1 aromatic carbocycles. The molecule has 1 aromatic rings. The van der Waals surface area contributed by atoms with Gasteiger partial charge in [0.05, 0.1) is 20.8 Å². The maximum Gasteiger partial charge on any atom is 0.245 e. The van der Waals surface area contributed by atoms with Crippen molar-refractivity contribution in [2.75, 3.05) is 20.8 Å². The Morgan fingerprint density at radius 1 is 1.15 bits per heavy atom. The molecule has 10 heteroatoms. The van der Waals surface area contributed by atoms with Crippen molar-refractivity contribution >= 4 is 22.9 Å². The van der Waals surface area contributed by atoms with Crippen LogP contribution in [0.3, 0.4) is 0 Å². The topological polar surface area (TPSA) is 135 Å². The number of hydrogen-bond acceptors (Lipinski definition) is 9. The van der Waals surface area contributed by atoms with E-state index in [0.717, 1.165) is 6.08 Å². The largest absolute Gasteiger partial charge is 0.493 e. The number of halogens is 1. The average molecular weight is 405 g/mol. The Kier molecular flexibility index (Phi) is 7.42. The van der Waals surface area contributed by atoms with E-state index in [0.29, 0.717) is 5.56 Å². The molecule has 27 heavy (non-hydrogen) atoms. The van der Waals surface area contributed by atoms with Gasteiger partial charge in [-0.3, -0.25) is 4.79 Å². The van der Waals surface area contributed by atoms with Crippen molar-refractivity contribution < 1.29 is 44.2 Å². The lowest BCUT2D eigenvalue weighted by Gasteiger charge is -2.39. The highest BCUT2D eigenvalue weighted by Crippen LogP contribution is 2.40. The molecule has 2 rings (SSSR count). The summed E-state index contributed by atoms with van der Waals surface area (Å²) in [4.78, 5) is 10.9. The summed E-state index contributed by atoms with van der Waals surface area (Å²) in [6.45, 7) is -0.588. The molecule has 0 aromatic heterocycles. The summed E-state index contributed by atoms with van der Waals surface area (Å²) in [5.74, 6) is 0.430. The van der Waals surface area contributed by atoms with Crippen molar-refractivity contribution in [3.8, 4) is 17.2 Å². The van der Waals surface area contributed by atoms with Crippen LogP contribution in [-0.2, 0) is 9.53 Å². The van der Waals surface area contributed by atoms with Crippen LogP contribution in [0, 0.1) is 0 Å². The lowest BCUT2D eigenvalue weighted by Crippen LogP contribution is -2.60. The van der Waals surface area contributed by atoms with Crippen LogP contribution >= 0.6 is 11.6 Å². The standard InChI is InChI=1S/C17H21ClO9/c1-24-9-5-8(3-4-12(18)20)6-10(25-2)16(9)27-17-15(23)14(22)13(21)11(7-19)26-17/h3-6,11,13-15,17,19,21-23H,7H2,1-2H3/b4-3+/t11-,13-,14+,15+,17+/m1/s1. The lowest BCUT2D eigenvalue weighted by molar-refractivity contribution is -0.277. The van der Waals surface area contributed by atoms with Gasteiger partial charge in [0.2, 0.25) is 17.3 Å². The summed E-state index contributed by atoms with van der Waals surface area (Å²) in [5.41, 5.74) is 0.527. The fraction of sp³-hybridized carbons (Fsp3) is 0.471. The quantitative estimate of drug-likeness (QED) is 0.355. The second kappa shape index (κ2) is 9.36. The minimum Gasteiger partial charge on any atom is -0.493 e. The van der Waals surface area contributed by atoms with E-state index >= 15 is 0 Å². The monoisotopic (exact) mass is 404 g/mol. The number of aliphatic hydroxyl groups is 4. The van der Waals surface area contributed by atoms with Gasteiger partial charge in [-0.05, 0) is 41.4 Å². The van der Waals surface area contributed by atoms with Gasteiger partial charge >= 0.3 is 0 Å². The van der Waals surface area contributed by atoms with E-state index in [4.69, 9.17) is 30.5 Å². The zero-order valence-electron chi connectivity index (χ0n) is 14.6. The maximum absolute atomic E-state index is 10.9. The minimum absolute atomic E-state index is 0.0543. The van der Waals surface area contributed by atoms with Crippen LogP contribution in [0.15, 0.2) is 18.2 Å². The third-order valence-electron chi connectivity index (χ3n) is 3.97. The summed E-state index contributed by atoms with van der Waals surface area (Å²) < 4.78 is 21.5. The van der Waals surface area contributed by atoms with Gasteiger partial charge in [0.15, 0.2) is 11.5 Å². The molecule has 1 aliphatic rings. The van der Waals surface area contributed by atoms with Crippen LogP contribution < -0.4 is 14.2 Å². The van der Waals surface area contributed by atoms with E-state index < -0.39 is 42.6 Å². The highest BCUT2D eigenvalue weighted by Gasteiger charge is 2.45. The number of aliphatic hydroxyl groups excluding tert-OH is 4. The van der Waals surface area contributed by atoms with Crippen molar-refractivity contribution in [1.82, 2.24) is 0 Å². The fourth-order valence-corrected chi connectivity index (χ4v) is 2.62. The summed E-state index contributed by atoms with van der Waals surface area (Å²) in [6, 6.07) is 3.05. The molecule has 4 N–H and O–H groups in total. The first-order valence-electron chi connectivity index (χ1n) is 7.93. The average Bonchev–Trinajstić information content (AvgIpc) is 2.66. The van der Waals surface area contributed by atoms with Gasteiger partial charge in [0.1, 0.15) is 24.4 Å². The first kappa shape index (κ1) is 21.4. The molecule has 0 radical (unpaired) electrons. The van der Waals surface area contributed by atoms with Crippen molar-refractivity contribution in [3.63, 3.8) is 0 Å². The number of rotatable bonds is 7. The molecule has 0 bridgehead atoms. The molecule has 1 fully saturated rings. The van der Waals surface area contributed by atoms with E-state index in [-0.39, 0.29) is 17.2 Å². The second-order valence-corrected chi connectivity index (χ2v) is 6.08. The van der Waals surface area contributed by atoms with Gasteiger partial charge in [0.25, 0.3) is 0 Å². The predicted molar refractivity (Wildman–Crippen MR) is 93.8 cm³/mol. The third-order valence-corrected chi connectivity index (χ3v) is 4.10. The number of allylic oxidation sites excluding steroid dienone is 1. The van der Waals surface area contributed by atoms with Crippen molar-refractivity contribution in [2.45, 2.75) is 30.7 Å². The molecule has 0 spiro atoms. The minimum atomic E-state index is -1.59. The van der Waals surface area contributed by atoms with Gasteiger partial charge in [-0.15, -0.1) is 0 Å². The number of methoxy groups -OCH3 is 2. The van der Waals surface area contributed by atoms with E-state index in [2.05, 4.69) is 0 Å². The van der Waals surface area contributed by atoms with E-state index in [1.165, 1.54) is 32.4 Å². The molecular formula is C17H21ClO9. The first-order valence-corrected chi connectivity index (χ1v) is 8.30. The van der Waals surface area contributed by atoms with E-state index in [1.807, 2.05) is 0 Å². The number of ether oxygens (including phenoxy) is 4. The molecule has 9 nitrogen and oxygen atoms in total. The highest BCUT2D eigenvalue weighted by atomic mass is 35.5. The smallest absolute Gasteiger partial charge is 0.245 e. The van der Waals surface area contributed by atoms with Crippen LogP contribution in [0.1, 0.15) is 5.56 Å². The van der Waals surface area contributed by atoms with Crippen molar-refractivity contribution in [2.24, 2.45) is 0 Å². The van der Waals surface area contributed by atoms with Crippen LogP contribution in [0.5, 0.6) is 17.2 Å². The zero-order valence-corrected chi connectivity index (χ0v) is 15.4.